The lowest BCUT2D eigenvalue weighted by Gasteiger charge is -2.13. The van der Waals surface area contributed by atoms with Gasteiger partial charge in [0.25, 0.3) is 11.8 Å². The van der Waals surface area contributed by atoms with E-state index in [9.17, 15) is 22.8 Å². The van der Waals surface area contributed by atoms with Gasteiger partial charge < -0.3 is 20.1 Å². The molecule has 2 amide bonds. The van der Waals surface area contributed by atoms with Crippen molar-refractivity contribution < 1.29 is 32.2 Å². The number of hydrogen-bond acceptors (Lipinski definition) is 4. The lowest BCUT2D eigenvalue weighted by atomic mass is 10.2. The summed E-state index contributed by atoms with van der Waals surface area (Å²) in [7, 11) is 1.49. The second-order valence-corrected chi connectivity index (χ2v) is 6.56. The first-order chi connectivity index (χ1) is 15.3. The molecule has 3 rings (SSSR count). The predicted molar refractivity (Wildman–Crippen MR) is 113 cm³/mol. The van der Waals surface area contributed by atoms with Crippen LogP contribution in [0, 0.1) is 0 Å². The van der Waals surface area contributed by atoms with Gasteiger partial charge in [-0.1, -0.05) is 24.3 Å². The number of carbonyl (C=O) groups excluding carboxylic acids is 2. The highest BCUT2D eigenvalue weighted by molar-refractivity contribution is 6.05. The monoisotopic (exact) mass is 444 g/mol. The summed E-state index contributed by atoms with van der Waals surface area (Å²) in [6.07, 6.45) is -4.59. The van der Waals surface area contributed by atoms with E-state index < -0.39 is 30.0 Å². The van der Waals surface area contributed by atoms with Gasteiger partial charge in [0.1, 0.15) is 11.5 Å². The summed E-state index contributed by atoms with van der Waals surface area (Å²) in [4.78, 5) is 24.5. The van der Waals surface area contributed by atoms with Crippen molar-refractivity contribution in [2.75, 3.05) is 24.4 Å². The molecule has 0 heterocycles. The Morgan fingerprint density at radius 2 is 1.47 bits per heavy atom. The number of nitrogens with one attached hydrogen (secondary N) is 2. The maximum atomic E-state index is 13.0. The molecule has 0 bridgehead atoms. The summed E-state index contributed by atoms with van der Waals surface area (Å²) in [5, 5.41) is 5.24. The first-order valence-corrected chi connectivity index (χ1v) is 9.41. The molecule has 0 saturated heterocycles. The number of ether oxygens (including phenoxy) is 2. The maximum absolute atomic E-state index is 13.0. The highest BCUT2D eigenvalue weighted by Gasteiger charge is 2.34. The number of benzene rings is 3. The fraction of sp³-hybridized carbons (Fsp3) is 0.130. The molecule has 2 N–H and O–H groups in total. The number of para-hydroxylation sites is 3. The minimum atomic E-state index is -4.59. The van der Waals surface area contributed by atoms with Gasteiger partial charge in [0.2, 0.25) is 0 Å². The molecular formula is C23H19F3N2O4. The van der Waals surface area contributed by atoms with Gasteiger partial charge in [-0.05, 0) is 48.5 Å². The molecular weight excluding hydrogens is 425 g/mol. The van der Waals surface area contributed by atoms with Gasteiger partial charge in [0.05, 0.1) is 18.4 Å². The molecule has 3 aromatic rings. The molecule has 9 heteroatoms. The zero-order valence-electron chi connectivity index (χ0n) is 16.9. The van der Waals surface area contributed by atoms with Crippen molar-refractivity contribution in [3.05, 3.63) is 83.9 Å². The van der Waals surface area contributed by atoms with Crippen molar-refractivity contribution >= 4 is 23.2 Å². The molecule has 0 aromatic heterocycles. The summed E-state index contributed by atoms with van der Waals surface area (Å²) >= 11 is 0. The molecule has 0 radical (unpaired) electrons. The molecule has 0 unspecified atom stereocenters. The van der Waals surface area contributed by atoms with Crippen molar-refractivity contribution in [3.8, 4) is 11.5 Å². The number of methoxy groups -OCH3 is 1. The van der Waals surface area contributed by atoms with Crippen LogP contribution >= 0.6 is 0 Å². The van der Waals surface area contributed by atoms with E-state index in [1.807, 2.05) is 0 Å². The van der Waals surface area contributed by atoms with Gasteiger partial charge in [-0.3, -0.25) is 9.59 Å². The van der Waals surface area contributed by atoms with E-state index in [0.717, 1.165) is 12.1 Å². The van der Waals surface area contributed by atoms with Crippen LogP contribution in [0.5, 0.6) is 11.5 Å². The highest BCUT2D eigenvalue weighted by atomic mass is 19.4. The Bertz CT molecular complexity index is 1100. The minimum Gasteiger partial charge on any atom is -0.495 e. The molecule has 166 valence electrons. The Morgan fingerprint density at radius 3 is 2.12 bits per heavy atom. The molecule has 0 aliphatic heterocycles. The third-order valence-corrected chi connectivity index (χ3v) is 4.34. The van der Waals surface area contributed by atoms with Crippen molar-refractivity contribution in [3.63, 3.8) is 0 Å². The largest absolute Gasteiger partial charge is 0.495 e. The summed E-state index contributed by atoms with van der Waals surface area (Å²) in [5.41, 5.74) is 0.243. The Kier molecular flexibility index (Phi) is 6.99. The van der Waals surface area contributed by atoms with Gasteiger partial charge in [0.15, 0.2) is 6.61 Å². The number of alkyl halides is 3. The average Bonchev–Trinajstić information content (AvgIpc) is 2.78. The van der Waals surface area contributed by atoms with Crippen molar-refractivity contribution in [2.24, 2.45) is 0 Å². The van der Waals surface area contributed by atoms with Gasteiger partial charge in [0, 0.05) is 11.3 Å². The first-order valence-electron chi connectivity index (χ1n) is 9.41. The number of anilines is 2. The third kappa shape index (κ3) is 5.78. The van der Waals surface area contributed by atoms with E-state index >= 15 is 0 Å². The zero-order chi connectivity index (χ0) is 23.1. The second-order valence-electron chi connectivity index (χ2n) is 6.56. The predicted octanol–water partition coefficient (Wildman–Crippen LogP) is 4.98. The highest BCUT2D eigenvalue weighted by Crippen LogP contribution is 2.35. The van der Waals surface area contributed by atoms with E-state index in [-0.39, 0.29) is 5.91 Å². The van der Waals surface area contributed by atoms with Crippen LogP contribution in [0.3, 0.4) is 0 Å². The molecule has 0 spiro atoms. The smallest absolute Gasteiger partial charge is 0.419 e. The lowest BCUT2D eigenvalue weighted by Crippen LogP contribution is -2.21. The van der Waals surface area contributed by atoms with Gasteiger partial charge in [-0.15, -0.1) is 0 Å². The van der Waals surface area contributed by atoms with Crippen LogP contribution in [0.25, 0.3) is 0 Å². The maximum Gasteiger partial charge on any atom is 0.419 e. The quantitative estimate of drug-likeness (QED) is 0.539. The SMILES string of the molecule is COc1ccccc1NC(=O)c1ccc(NC(=O)COc2ccccc2C(F)(F)F)cc1. The number of hydrogen-bond donors (Lipinski definition) is 2. The standard InChI is InChI=1S/C23H19F3N2O4/c1-31-20-9-5-3-7-18(20)28-22(30)15-10-12-16(13-11-15)27-21(29)14-32-19-8-4-2-6-17(19)23(24,25)26/h2-13H,14H2,1H3,(H,27,29)(H,28,30). The van der Waals surface area contributed by atoms with Crippen LogP contribution in [0.1, 0.15) is 15.9 Å². The van der Waals surface area contributed by atoms with Crippen molar-refractivity contribution in [1.29, 1.82) is 0 Å². The minimum absolute atomic E-state index is 0.337. The van der Waals surface area contributed by atoms with Crippen LogP contribution in [-0.4, -0.2) is 25.5 Å². The number of rotatable bonds is 7. The van der Waals surface area contributed by atoms with Gasteiger partial charge in [-0.2, -0.15) is 13.2 Å². The summed E-state index contributed by atoms with van der Waals surface area (Å²) < 4.78 is 49.2. The Hall–Kier alpha value is -4.01. The van der Waals surface area contributed by atoms with E-state index in [0.29, 0.717) is 22.7 Å². The van der Waals surface area contributed by atoms with E-state index in [4.69, 9.17) is 9.47 Å². The van der Waals surface area contributed by atoms with Crippen LogP contribution in [0.2, 0.25) is 0 Å². The summed E-state index contributed by atoms with van der Waals surface area (Å²) in [6.45, 7) is -0.608. The van der Waals surface area contributed by atoms with Crippen LogP contribution < -0.4 is 20.1 Å². The average molecular weight is 444 g/mol. The van der Waals surface area contributed by atoms with Crippen LogP contribution in [0.4, 0.5) is 24.5 Å². The molecule has 6 nitrogen and oxygen atoms in total. The summed E-state index contributed by atoms with van der Waals surface area (Å²) in [6, 6.07) is 17.6. The molecule has 0 aliphatic carbocycles. The van der Waals surface area contributed by atoms with E-state index in [1.54, 1.807) is 24.3 Å². The number of amides is 2. The molecule has 32 heavy (non-hydrogen) atoms. The Balaban J connectivity index is 1.58. The van der Waals surface area contributed by atoms with Gasteiger partial charge in [-0.25, -0.2) is 0 Å². The second kappa shape index (κ2) is 9.86. The lowest BCUT2D eigenvalue weighted by molar-refractivity contribution is -0.139. The van der Waals surface area contributed by atoms with Crippen LogP contribution in [0.15, 0.2) is 72.8 Å². The fourth-order valence-corrected chi connectivity index (χ4v) is 2.81. The Morgan fingerprint density at radius 1 is 0.844 bits per heavy atom. The number of halogens is 3. The van der Waals surface area contributed by atoms with Crippen LogP contribution in [-0.2, 0) is 11.0 Å². The van der Waals surface area contributed by atoms with Crippen molar-refractivity contribution in [1.82, 2.24) is 0 Å². The fourth-order valence-electron chi connectivity index (χ4n) is 2.81. The van der Waals surface area contributed by atoms with E-state index in [1.165, 1.54) is 43.5 Å². The molecule has 0 saturated carbocycles. The molecule has 0 fully saturated rings. The zero-order valence-corrected chi connectivity index (χ0v) is 16.9. The number of carbonyl (C=O) groups is 2. The van der Waals surface area contributed by atoms with Crippen molar-refractivity contribution in [2.45, 2.75) is 6.18 Å². The Labute approximate surface area is 182 Å². The molecule has 3 aromatic carbocycles. The third-order valence-electron chi connectivity index (χ3n) is 4.34. The van der Waals surface area contributed by atoms with Gasteiger partial charge >= 0.3 is 6.18 Å². The van der Waals surface area contributed by atoms with E-state index in [2.05, 4.69) is 10.6 Å². The molecule has 0 atom stereocenters. The topological polar surface area (TPSA) is 76.7 Å². The summed E-state index contributed by atoms with van der Waals surface area (Å²) in [5.74, 6) is -0.942. The molecule has 0 aliphatic rings. The first kappa shape index (κ1) is 22.7. The normalized spacial score (nSPS) is 10.9.